The monoisotopic (exact) mass is 624 g/mol. The maximum Gasteiger partial charge on any atom is 0.263 e. The van der Waals surface area contributed by atoms with E-state index in [1.165, 1.54) is 0 Å². The molecule has 1 atom stereocenters. The fourth-order valence-electron chi connectivity index (χ4n) is 3.87. The summed E-state index contributed by atoms with van der Waals surface area (Å²) in [5, 5.41) is 16.4. The largest absolute Gasteiger partial charge is 0.478 e. The molecule has 6 nitrogen and oxygen atoms in total. The molecule has 242 valence electrons. The molecule has 0 saturated heterocycles. The van der Waals surface area contributed by atoms with Crippen LogP contribution in [0.25, 0.3) is 0 Å². The van der Waals surface area contributed by atoms with Crippen LogP contribution in [0, 0.1) is 0 Å². The van der Waals surface area contributed by atoms with Gasteiger partial charge >= 0.3 is 0 Å². The minimum Gasteiger partial charge on any atom is -0.478 e. The zero-order chi connectivity index (χ0) is 32.3. The summed E-state index contributed by atoms with van der Waals surface area (Å²) < 4.78 is 5.77. The van der Waals surface area contributed by atoms with E-state index >= 15 is 0 Å². The van der Waals surface area contributed by atoms with Crippen molar-refractivity contribution >= 4 is 23.4 Å². The minimum atomic E-state index is -1.07. The van der Waals surface area contributed by atoms with E-state index in [0.29, 0.717) is 49.5 Å². The Balaban J connectivity index is 2.04. The van der Waals surface area contributed by atoms with Crippen LogP contribution in [0.5, 0.6) is 5.75 Å². The van der Waals surface area contributed by atoms with Crippen LogP contribution in [-0.2, 0) is 9.59 Å². The van der Waals surface area contributed by atoms with Gasteiger partial charge in [0.25, 0.3) is 5.91 Å². The topological polar surface area (TPSA) is 87.7 Å². The molecule has 0 saturated carbocycles. The van der Waals surface area contributed by atoms with E-state index in [0.717, 1.165) is 38.5 Å². The van der Waals surface area contributed by atoms with Gasteiger partial charge in [-0.25, -0.2) is 0 Å². The highest BCUT2D eigenvalue weighted by atomic mass is 35.5. The van der Waals surface area contributed by atoms with E-state index in [1.54, 1.807) is 38.1 Å². The third-order valence-corrected chi connectivity index (χ3v) is 6.68. The van der Waals surface area contributed by atoms with Crippen LogP contribution >= 0.6 is 11.6 Å². The highest BCUT2D eigenvalue weighted by molar-refractivity contribution is 6.30. The predicted molar refractivity (Wildman–Crippen MR) is 185 cm³/mol. The zero-order valence-electron chi connectivity index (χ0n) is 26.9. The molecule has 1 aromatic carbocycles. The van der Waals surface area contributed by atoms with E-state index in [-0.39, 0.29) is 11.8 Å². The quantitative estimate of drug-likeness (QED) is 0.107. The van der Waals surface area contributed by atoms with Crippen LogP contribution in [0.3, 0.4) is 0 Å². The summed E-state index contributed by atoms with van der Waals surface area (Å²) in [6.07, 6.45) is 33.0. The van der Waals surface area contributed by atoms with Gasteiger partial charge in [-0.1, -0.05) is 91.4 Å². The molecule has 0 radical (unpaired) electrons. The molecule has 0 aliphatic rings. The van der Waals surface area contributed by atoms with Gasteiger partial charge in [-0.2, -0.15) is 0 Å². The number of aliphatic hydroxyl groups excluding tert-OH is 1. The lowest BCUT2D eigenvalue weighted by molar-refractivity contribution is -0.134. The molecular formula is C37H53ClN2O4. The number of allylic oxidation sites excluding steroid dienone is 12. The SMILES string of the molecule is CCC=CCC=CCC=CCC=CCC=CCC=CCCC(=O)NCCC(O)CCNC(=O)C(C)(C)Oc1ccc(Cl)cc1. The molecule has 2 amide bonds. The van der Waals surface area contributed by atoms with Gasteiger partial charge in [0, 0.05) is 24.5 Å². The van der Waals surface area contributed by atoms with Crippen molar-refractivity contribution in [1.82, 2.24) is 10.6 Å². The molecule has 0 spiro atoms. The van der Waals surface area contributed by atoms with E-state index in [9.17, 15) is 14.7 Å². The predicted octanol–water partition coefficient (Wildman–Crippen LogP) is 8.35. The molecule has 1 aromatic rings. The van der Waals surface area contributed by atoms with Gasteiger partial charge in [-0.3, -0.25) is 9.59 Å². The van der Waals surface area contributed by atoms with Gasteiger partial charge < -0.3 is 20.5 Å². The molecule has 3 N–H and O–H groups in total. The average molecular weight is 625 g/mol. The first-order valence-electron chi connectivity index (χ1n) is 15.8. The van der Waals surface area contributed by atoms with E-state index in [4.69, 9.17) is 16.3 Å². The highest BCUT2D eigenvalue weighted by Gasteiger charge is 2.29. The number of nitrogens with one attached hydrogen (secondary N) is 2. The first kappa shape index (κ1) is 38.7. The highest BCUT2D eigenvalue weighted by Crippen LogP contribution is 2.21. The smallest absolute Gasteiger partial charge is 0.263 e. The summed E-state index contributed by atoms with van der Waals surface area (Å²) in [5.41, 5.74) is -1.07. The lowest BCUT2D eigenvalue weighted by Gasteiger charge is -2.25. The summed E-state index contributed by atoms with van der Waals surface area (Å²) >= 11 is 5.89. The van der Waals surface area contributed by atoms with Crippen molar-refractivity contribution in [3.05, 3.63) is 102 Å². The summed E-state index contributed by atoms with van der Waals surface area (Å²) in [6.45, 7) is 6.21. The Bertz CT molecular complexity index is 1100. The molecule has 7 heteroatoms. The van der Waals surface area contributed by atoms with Crippen molar-refractivity contribution in [1.29, 1.82) is 0 Å². The summed E-state index contributed by atoms with van der Waals surface area (Å²) in [4.78, 5) is 24.6. The van der Waals surface area contributed by atoms with Crippen molar-refractivity contribution in [2.45, 2.75) is 96.7 Å². The molecule has 0 fully saturated rings. The summed E-state index contributed by atoms with van der Waals surface area (Å²) in [6, 6.07) is 6.81. The molecule has 0 bridgehead atoms. The van der Waals surface area contributed by atoms with Crippen molar-refractivity contribution in [3.63, 3.8) is 0 Å². The Morgan fingerprint density at radius 1 is 0.773 bits per heavy atom. The number of hydrogen-bond donors (Lipinski definition) is 3. The number of halogens is 1. The summed E-state index contributed by atoms with van der Waals surface area (Å²) in [7, 11) is 0. The number of ether oxygens (including phenoxy) is 1. The van der Waals surface area contributed by atoms with Crippen LogP contribution < -0.4 is 15.4 Å². The van der Waals surface area contributed by atoms with Crippen LogP contribution in [0.2, 0.25) is 5.02 Å². The van der Waals surface area contributed by atoms with Crippen molar-refractivity contribution in [2.75, 3.05) is 13.1 Å². The molecule has 0 aliphatic carbocycles. The first-order valence-corrected chi connectivity index (χ1v) is 16.2. The van der Waals surface area contributed by atoms with E-state index < -0.39 is 11.7 Å². The number of rotatable bonds is 23. The van der Waals surface area contributed by atoms with Crippen LogP contribution in [0.15, 0.2) is 97.2 Å². The number of hydrogen-bond acceptors (Lipinski definition) is 4. The van der Waals surface area contributed by atoms with Crippen molar-refractivity contribution in [3.8, 4) is 5.75 Å². The van der Waals surface area contributed by atoms with Crippen LogP contribution in [-0.4, -0.2) is 41.7 Å². The lowest BCUT2D eigenvalue weighted by Crippen LogP contribution is -2.47. The second-order valence-electron chi connectivity index (χ2n) is 10.9. The summed E-state index contributed by atoms with van der Waals surface area (Å²) in [5.74, 6) is 0.236. The van der Waals surface area contributed by atoms with Crippen LogP contribution in [0.4, 0.5) is 0 Å². The molecule has 1 rings (SSSR count). The number of aliphatic hydroxyl groups is 1. The minimum absolute atomic E-state index is 0.0360. The third kappa shape index (κ3) is 21.4. The standard InChI is InChI=1S/C37H53ClN2O4/c1-4-5-6-7-8-9-10-11-12-13-14-15-16-17-18-19-20-21-22-23-35(42)39-30-28-33(41)29-31-40-36(43)37(2,3)44-34-26-24-32(38)25-27-34/h5-6,8-9,11-12,14-15,17-18,20-21,24-27,33,41H,4,7,10,13,16,19,22-23,28-31H2,1-3H3,(H,39,42)(H,40,43). The number of carbonyl (C=O) groups is 2. The van der Waals surface area contributed by atoms with E-state index in [2.05, 4.69) is 84.4 Å². The van der Waals surface area contributed by atoms with Crippen molar-refractivity contribution in [2.24, 2.45) is 0 Å². The molecule has 44 heavy (non-hydrogen) atoms. The van der Waals surface area contributed by atoms with Gasteiger partial charge in [0.1, 0.15) is 5.75 Å². The number of carbonyl (C=O) groups excluding carboxylic acids is 2. The Labute approximate surface area is 270 Å². The van der Waals surface area contributed by atoms with Gasteiger partial charge in [-0.15, -0.1) is 0 Å². The van der Waals surface area contributed by atoms with Gasteiger partial charge in [0.05, 0.1) is 6.10 Å². The fraction of sp³-hybridized carbons (Fsp3) is 0.459. The van der Waals surface area contributed by atoms with Gasteiger partial charge in [0.15, 0.2) is 5.60 Å². The van der Waals surface area contributed by atoms with E-state index in [1.807, 2.05) is 6.08 Å². The molecular weight excluding hydrogens is 572 g/mol. The number of amides is 2. The second kappa shape index (κ2) is 25.0. The Morgan fingerprint density at radius 3 is 1.73 bits per heavy atom. The molecule has 0 aromatic heterocycles. The Hall–Kier alpha value is -3.35. The fourth-order valence-corrected chi connectivity index (χ4v) is 4.00. The lowest BCUT2D eigenvalue weighted by atomic mass is 10.1. The maximum atomic E-state index is 12.5. The first-order chi connectivity index (χ1) is 21.2. The molecule has 1 unspecified atom stereocenters. The molecule has 0 aliphatic heterocycles. The second-order valence-corrected chi connectivity index (χ2v) is 11.3. The Kier molecular flexibility index (Phi) is 22.0. The Morgan fingerprint density at radius 2 is 1.23 bits per heavy atom. The number of benzene rings is 1. The maximum absolute atomic E-state index is 12.5. The third-order valence-electron chi connectivity index (χ3n) is 6.43. The zero-order valence-corrected chi connectivity index (χ0v) is 27.6. The normalized spacial score (nSPS) is 13.3. The van der Waals surface area contributed by atoms with Gasteiger partial charge in [0.2, 0.25) is 5.91 Å². The average Bonchev–Trinajstić information content (AvgIpc) is 2.99. The van der Waals surface area contributed by atoms with Gasteiger partial charge in [-0.05, 0) is 95.9 Å². The van der Waals surface area contributed by atoms with Crippen molar-refractivity contribution < 1.29 is 19.4 Å². The van der Waals surface area contributed by atoms with Crippen LogP contribution in [0.1, 0.15) is 85.0 Å². The molecule has 0 heterocycles.